The molecule has 1 rings (SSSR count). The highest BCUT2D eigenvalue weighted by Crippen LogP contribution is 2.17. The highest BCUT2D eigenvalue weighted by molar-refractivity contribution is 7.99. The van der Waals surface area contributed by atoms with E-state index < -0.39 is 11.5 Å². The maximum atomic E-state index is 11.3. The van der Waals surface area contributed by atoms with Gasteiger partial charge in [-0.15, -0.1) is 0 Å². The minimum Gasteiger partial charge on any atom is -0.468 e. The van der Waals surface area contributed by atoms with Gasteiger partial charge in [-0.3, -0.25) is 4.79 Å². The highest BCUT2D eigenvalue weighted by Gasteiger charge is 2.28. The van der Waals surface area contributed by atoms with Gasteiger partial charge in [-0.2, -0.15) is 0 Å². The molecule has 6 heteroatoms. The number of esters is 1. The molecule has 88 valence electrons. The third kappa shape index (κ3) is 3.79. The Morgan fingerprint density at radius 1 is 1.56 bits per heavy atom. The molecular formula is C10H15N3O2S. The third-order valence-corrected chi connectivity index (χ3v) is 2.92. The molecule has 16 heavy (non-hydrogen) atoms. The standard InChI is InChI=1S/C10H15N3O2S/c1-10(11,8(14)15-2)4-7-16-9-12-5-3-6-13-9/h3,5-6H,4,7,11H2,1-2H3. The van der Waals surface area contributed by atoms with Gasteiger partial charge < -0.3 is 10.5 Å². The van der Waals surface area contributed by atoms with E-state index in [0.717, 1.165) is 0 Å². The molecule has 0 aliphatic carbocycles. The van der Waals surface area contributed by atoms with Crippen LogP contribution in [-0.4, -0.2) is 34.3 Å². The molecule has 1 atom stereocenters. The smallest absolute Gasteiger partial charge is 0.325 e. The molecule has 2 N–H and O–H groups in total. The topological polar surface area (TPSA) is 78.1 Å². The van der Waals surface area contributed by atoms with E-state index in [1.807, 2.05) is 0 Å². The molecule has 0 aliphatic heterocycles. The number of nitrogens with two attached hydrogens (primary N) is 1. The average molecular weight is 241 g/mol. The van der Waals surface area contributed by atoms with Crippen molar-refractivity contribution in [2.75, 3.05) is 12.9 Å². The summed E-state index contributed by atoms with van der Waals surface area (Å²) < 4.78 is 4.61. The van der Waals surface area contributed by atoms with Crippen molar-refractivity contribution in [3.63, 3.8) is 0 Å². The van der Waals surface area contributed by atoms with Gasteiger partial charge in [0.2, 0.25) is 0 Å². The zero-order valence-electron chi connectivity index (χ0n) is 9.34. The van der Waals surface area contributed by atoms with E-state index >= 15 is 0 Å². The SMILES string of the molecule is COC(=O)C(C)(N)CCSc1ncccn1. The van der Waals surface area contributed by atoms with Crippen LogP contribution in [-0.2, 0) is 9.53 Å². The molecule has 5 nitrogen and oxygen atoms in total. The summed E-state index contributed by atoms with van der Waals surface area (Å²) in [6.45, 7) is 1.66. The second kappa shape index (κ2) is 5.81. The average Bonchev–Trinajstić information content (AvgIpc) is 2.29. The maximum absolute atomic E-state index is 11.3. The lowest BCUT2D eigenvalue weighted by Crippen LogP contribution is -2.46. The number of hydrogen-bond donors (Lipinski definition) is 1. The van der Waals surface area contributed by atoms with E-state index in [2.05, 4.69) is 14.7 Å². The Bertz CT molecular complexity index is 343. The van der Waals surface area contributed by atoms with Crippen LogP contribution >= 0.6 is 11.8 Å². The lowest BCUT2D eigenvalue weighted by Gasteiger charge is -2.20. The maximum Gasteiger partial charge on any atom is 0.325 e. The fourth-order valence-corrected chi connectivity index (χ4v) is 2.03. The lowest BCUT2D eigenvalue weighted by atomic mass is 10.0. The van der Waals surface area contributed by atoms with Crippen molar-refractivity contribution >= 4 is 17.7 Å². The first kappa shape index (κ1) is 12.9. The number of thioether (sulfide) groups is 1. The Morgan fingerprint density at radius 3 is 2.75 bits per heavy atom. The molecule has 1 aromatic heterocycles. The molecule has 0 radical (unpaired) electrons. The summed E-state index contributed by atoms with van der Waals surface area (Å²) in [5, 5.41) is 0.683. The van der Waals surface area contributed by atoms with Crippen LogP contribution in [0, 0.1) is 0 Å². The molecule has 0 saturated carbocycles. The van der Waals surface area contributed by atoms with E-state index in [9.17, 15) is 4.79 Å². The van der Waals surface area contributed by atoms with Gasteiger partial charge in [0, 0.05) is 18.1 Å². The van der Waals surface area contributed by atoms with Gasteiger partial charge in [-0.05, 0) is 19.4 Å². The molecule has 0 bridgehead atoms. The van der Waals surface area contributed by atoms with E-state index in [1.165, 1.54) is 18.9 Å². The van der Waals surface area contributed by atoms with Crippen LogP contribution in [0.25, 0.3) is 0 Å². The minimum absolute atomic E-state index is 0.401. The molecule has 1 unspecified atom stereocenters. The van der Waals surface area contributed by atoms with Crippen LogP contribution in [0.5, 0.6) is 0 Å². The van der Waals surface area contributed by atoms with Crippen molar-refractivity contribution in [2.24, 2.45) is 5.73 Å². The zero-order valence-corrected chi connectivity index (χ0v) is 10.2. The van der Waals surface area contributed by atoms with Gasteiger partial charge in [0.1, 0.15) is 5.54 Å². The van der Waals surface area contributed by atoms with E-state index in [0.29, 0.717) is 17.3 Å². The van der Waals surface area contributed by atoms with E-state index in [-0.39, 0.29) is 0 Å². The van der Waals surface area contributed by atoms with Crippen LogP contribution in [0.1, 0.15) is 13.3 Å². The Balaban J connectivity index is 2.38. The molecule has 0 spiro atoms. The van der Waals surface area contributed by atoms with E-state index in [1.54, 1.807) is 25.4 Å². The number of carbonyl (C=O) groups is 1. The van der Waals surface area contributed by atoms with Crippen LogP contribution in [0.2, 0.25) is 0 Å². The number of rotatable bonds is 5. The second-order valence-electron chi connectivity index (χ2n) is 3.54. The summed E-state index contributed by atoms with van der Waals surface area (Å²) in [7, 11) is 1.33. The minimum atomic E-state index is -0.948. The van der Waals surface area contributed by atoms with Crippen molar-refractivity contribution in [3.8, 4) is 0 Å². The Kier molecular flexibility index (Phi) is 4.70. The molecule has 1 heterocycles. The van der Waals surface area contributed by atoms with Crippen LogP contribution < -0.4 is 5.73 Å². The molecule has 0 fully saturated rings. The van der Waals surface area contributed by atoms with Crippen molar-refractivity contribution < 1.29 is 9.53 Å². The Labute approximate surface area is 98.8 Å². The van der Waals surface area contributed by atoms with Gasteiger partial charge in [-0.1, -0.05) is 11.8 Å². The van der Waals surface area contributed by atoms with Crippen LogP contribution in [0.3, 0.4) is 0 Å². The van der Waals surface area contributed by atoms with Crippen molar-refractivity contribution in [2.45, 2.75) is 24.0 Å². The summed E-state index contributed by atoms with van der Waals surface area (Å²) in [4.78, 5) is 19.4. The number of aromatic nitrogens is 2. The predicted octanol–water partition coefficient (Wildman–Crippen LogP) is 0.849. The third-order valence-electron chi connectivity index (χ3n) is 2.05. The van der Waals surface area contributed by atoms with Gasteiger partial charge in [0.25, 0.3) is 0 Å². The number of nitrogens with zero attached hydrogens (tertiary/aromatic N) is 2. The first-order valence-electron chi connectivity index (χ1n) is 4.83. The fraction of sp³-hybridized carbons (Fsp3) is 0.500. The van der Waals surface area contributed by atoms with Crippen molar-refractivity contribution in [3.05, 3.63) is 18.5 Å². The molecule has 0 saturated heterocycles. The second-order valence-corrected chi connectivity index (χ2v) is 4.60. The highest BCUT2D eigenvalue weighted by atomic mass is 32.2. The number of carbonyl (C=O) groups excluding carboxylic acids is 1. The molecule has 0 amide bonds. The largest absolute Gasteiger partial charge is 0.468 e. The van der Waals surface area contributed by atoms with Gasteiger partial charge >= 0.3 is 5.97 Å². The molecule has 1 aromatic rings. The zero-order chi connectivity index (χ0) is 12.0. The van der Waals surface area contributed by atoms with Crippen LogP contribution in [0.4, 0.5) is 0 Å². The number of methoxy groups -OCH3 is 1. The quantitative estimate of drug-likeness (QED) is 0.468. The number of ether oxygens (including phenoxy) is 1. The Morgan fingerprint density at radius 2 is 2.19 bits per heavy atom. The van der Waals surface area contributed by atoms with Gasteiger partial charge in [-0.25, -0.2) is 9.97 Å². The fourth-order valence-electron chi connectivity index (χ4n) is 1.05. The monoisotopic (exact) mass is 241 g/mol. The first-order chi connectivity index (χ1) is 7.56. The summed E-state index contributed by atoms with van der Waals surface area (Å²) in [6.07, 6.45) is 3.87. The summed E-state index contributed by atoms with van der Waals surface area (Å²) >= 11 is 1.47. The first-order valence-corrected chi connectivity index (χ1v) is 5.82. The summed E-state index contributed by atoms with van der Waals surface area (Å²) in [5.74, 6) is 0.272. The van der Waals surface area contributed by atoms with Crippen molar-refractivity contribution in [1.82, 2.24) is 9.97 Å². The Hall–Kier alpha value is -1.14. The van der Waals surface area contributed by atoms with E-state index in [4.69, 9.17) is 5.73 Å². The summed E-state index contributed by atoms with van der Waals surface area (Å²) in [5.41, 5.74) is 4.86. The molecule has 0 aromatic carbocycles. The number of hydrogen-bond acceptors (Lipinski definition) is 6. The van der Waals surface area contributed by atoms with Gasteiger partial charge in [0.15, 0.2) is 5.16 Å². The predicted molar refractivity (Wildman–Crippen MR) is 62.0 cm³/mol. The van der Waals surface area contributed by atoms with Crippen LogP contribution in [0.15, 0.2) is 23.6 Å². The van der Waals surface area contributed by atoms with Gasteiger partial charge in [0.05, 0.1) is 7.11 Å². The molecule has 0 aliphatic rings. The molecular weight excluding hydrogens is 226 g/mol. The summed E-state index contributed by atoms with van der Waals surface area (Å²) in [6, 6.07) is 1.76. The normalized spacial score (nSPS) is 14.2. The lowest BCUT2D eigenvalue weighted by molar-refractivity contribution is -0.146. The van der Waals surface area contributed by atoms with Crippen molar-refractivity contribution in [1.29, 1.82) is 0 Å².